The first-order chi connectivity index (χ1) is 27.5. The number of nitrogens with zero attached hydrogens (tertiary/aromatic N) is 2. The molecule has 0 amide bonds. The molecule has 6 rings (SSSR count). The Morgan fingerprint density at radius 3 is 0.793 bits per heavy atom. The predicted molar refractivity (Wildman–Crippen MR) is 235 cm³/mol. The van der Waals surface area contributed by atoms with Crippen molar-refractivity contribution in [1.82, 2.24) is 4.90 Å². The van der Waals surface area contributed by atoms with Crippen molar-refractivity contribution in [3.05, 3.63) is 182 Å². The van der Waals surface area contributed by atoms with Crippen LogP contribution in [0.25, 0.3) is 0 Å². The molecule has 0 aliphatic rings. The van der Waals surface area contributed by atoms with E-state index >= 15 is 0 Å². The Morgan fingerprint density at radius 2 is 0.655 bits per heavy atom. The molecule has 0 unspecified atom stereocenters. The van der Waals surface area contributed by atoms with Crippen molar-refractivity contribution in [3.63, 3.8) is 0 Å². The van der Waals surface area contributed by atoms with Gasteiger partial charge in [0.2, 0.25) is 0 Å². The molecule has 5 nitrogen and oxygen atoms in total. The van der Waals surface area contributed by atoms with Gasteiger partial charge in [0.05, 0.1) is 6.07 Å². The van der Waals surface area contributed by atoms with Crippen molar-refractivity contribution in [2.75, 3.05) is 38.1 Å². The number of hydrogen-bond donors (Lipinski definition) is 0. The average Bonchev–Trinajstić information content (AvgIpc) is 3.23. The number of rotatable bonds is 15. The van der Waals surface area contributed by atoms with Gasteiger partial charge in [-0.25, -0.2) is 8.42 Å². The number of benzene rings is 6. The van der Waals surface area contributed by atoms with Crippen LogP contribution >= 0.6 is 23.8 Å². The maximum Gasteiger partial charge on any atom is 1.00 e. The molecule has 6 aromatic carbocycles. The zero-order chi connectivity index (χ0) is 40.9. The Bertz CT molecular complexity index is 1830. The Morgan fingerprint density at radius 1 is 0.500 bits per heavy atom. The van der Waals surface area contributed by atoms with Gasteiger partial charge in [-0.3, -0.25) is 0 Å². The van der Waals surface area contributed by atoms with Crippen LogP contribution in [-0.2, 0) is 29.6 Å². The van der Waals surface area contributed by atoms with Gasteiger partial charge in [0, 0.05) is 26.6 Å². The maximum absolute atomic E-state index is 10.7. The van der Waals surface area contributed by atoms with E-state index in [2.05, 4.69) is 187 Å². The molecule has 0 aliphatic heterocycles. The summed E-state index contributed by atoms with van der Waals surface area (Å²) in [5, 5.41) is 16.1. The van der Waals surface area contributed by atoms with Crippen LogP contribution in [0.3, 0.4) is 0 Å². The first-order valence-electron chi connectivity index (χ1n) is 18.2. The number of alkyl halides is 3. The van der Waals surface area contributed by atoms with Gasteiger partial charge < -0.3 is 9.45 Å². The molecule has 0 aromatic heterocycles. The number of hydrogen-bond acceptors (Lipinski definition) is 5. The first kappa shape index (κ1) is 48.8. The van der Waals surface area contributed by atoms with Crippen LogP contribution < -0.4 is 31.8 Å². The van der Waals surface area contributed by atoms with Gasteiger partial charge in [-0.2, -0.15) is 18.4 Å². The molecule has 0 N–H and O–H groups in total. The van der Waals surface area contributed by atoms with E-state index in [1.165, 1.54) is 38.8 Å². The summed E-state index contributed by atoms with van der Waals surface area (Å²) >= 11 is 0. The molecular weight excluding hydrogens is 900 g/mol. The summed E-state index contributed by atoms with van der Waals surface area (Å²) in [5.74, 6) is 0. The average molecular weight is 945 g/mol. The van der Waals surface area contributed by atoms with Gasteiger partial charge in [0.25, 0.3) is 0 Å². The zero-order valence-corrected chi connectivity index (χ0v) is 37.2. The summed E-state index contributed by atoms with van der Waals surface area (Å²) in [7, 11) is -7.42. The minimum Gasteiger partial charge on any atom is -0.741 e. The molecule has 6 aromatic rings. The third-order valence-electron chi connectivity index (χ3n) is 8.61. The second-order valence-electron chi connectivity index (χ2n) is 12.4. The second kappa shape index (κ2) is 25.8. The molecular formula is C45H45F3N2O3P3RuS. The Kier molecular flexibility index (Phi) is 21.7. The van der Waals surface area contributed by atoms with Crippen LogP contribution in [0, 0.1) is 11.3 Å². The molecule has 303 valence electrons. The van der Waals surface area contributed by atoms with Crippen LogP contribution in [0.2, 0.25) is 0 Å². The minimum atomic E-state index is -6.09. The fraction of sp³-hybridized carbons (Fsp3) is 0.178. The quantitative estimate of drug-likeness (QED) is 0.0449. The van der Waals surface area contributed by atoms with Crippen LogP contribution in [0.4, 0.5) is 13.2 Å². The third-order valence-corrected chi connectivity index (χ3v) is 16.6. The van der Waals surface area contributed by atoms with E-state index in [1.54, 1.807) is 6.07 Å². The van der Waals surface area contributed by atoms with E-state index in [9.17, 15) is 13.2 Å². The topological polar surface area (TPSA) is 84.2 Å². The van der Waals surface area contributed by atoms with Gasteiger partial charge in [-0.05, 0) is 74.1 Å². The summed E-state index contributed by atoms with van der Waals surface area (Å²) in [6.07, 6.45) is 3.48. The Labute approximate surface area is 358 Å². The van der Waals surface area contributed by atoms with Gasteiger partial charge in [0.15, 0.2) is 10.1 Å². The number of nitriles is 1. The monoisotopic (exact) mass is 945 g/mol. The fourth-order valence-electron chi connectivity index (χ4n) is 5.93. The van der Waals surface area contributed by atoms with Crippen LogP contribution in [0.15, 0.2) is 182 Å². The number of halogens is 3. The molecule has 0 fully saturated rings. The van der Waals surface area contributed by atoms with Crippen molar-refractivity contribution < 1.29 is 45.6 Å². The van der Waals surface area contributed by atoms with Crippen molar-refractivity contribution in [1.29, 1.82) is 5.26 Å². The molecule has 0 saturated carbocycles. The summed E-state index contributed by atoms with van der Waals surface area (Å²) in [6, 6.07) is 68.9. The zero-order valence-electron chi connectivity index (χ0n) is 31.9. The van der Waals surface area contributed by atoms with Gasteiger partial charge in [-0.1, -0.05) is 182 Å². The molecule has 0 spiro atoms. The second-order valence-corrected chi connectivity index (χ2v) is 20.8. The van der Waals surface area contributed by atoms with E-state index in [0.717, 1.165) is 38.1 Å². The molecule has 0 atom stereocenters. The van der Waals surface area contributed by atoms with Crippen molar-refractivity contribution in [2.45, 2.75) is 12.4 Å². The van der Waals surface area contributed by atoms with E-state index < -0.39 is 39.4 Å². The molecule has 13 heteroatoms. The predicted octanol–water partition coefficient (Wildman–Crippen LogP) is 8.27. The molecule has 1 radical (unpaired) electrons. The summed E-state index contributed by atoms with van der Waals surface area (Å²) < 4.78 is 58.9. The summed E-state index contributed by atoms with van der Waals surface area (Å²) in [5.41, 5.74) is -5.65. The van der Waals surface area contributed by atoms with Crippen molar-refractivity contribution >= 4 is 65.7 Å². The van der Waals surface area contributed by atoms with Gasteiger partial charge in [0.1, 0.15) is 0 Å². The van der Waals surface area contributed by atoms with E-state index in [1.807, 2.05) is 0 Å². The van der Waals surface area contributed by atoms with Crippen LogP contribution in [0.1, 0.15) is 6.92 Å². The normalized spacial score (nSPS) is 11.2. The largest absolute Gasteiger partial charge is 1.00 e. The smallest absolute Gasteiger partial charge is 0.741 e. The summed E-state index contributed by atoms with van der Waals surface area (Å²) in [4.78, 5) is 2.80. The van der Waals surface area contributed by atoms with Gasteiger partial charge in [-0.15, -0.1) is 0 Å². The maximum atomic E-state index is 10.7. The van der Waals surface area contributed by atoms with Crippen molar-refractivity contribution in [3.8, 4) is 6.07 Å². The third kappa shape index (κ3) is 16.2. The van der Waals surface area contributed by atoms with Crippen LogP contribution in [-0.4, -0.2) is 61.5 Å². The molecule has 58 heavy (non-hydrogen) atoms. The molecule has 0 saturated heterocycles. The van der Waals surface area contributed by atoms with Crippen molar-refractivity contribution in [2.24, 2.45) is 0 Å². The Hall–Kier alpha value is -3.62. The standard InChI is InChI=1S/C42H42NP3.C2H3N.CHF3O3S.Ru/c1-7-19-37(20-8-1)44(38-21-9-2-10-22-38)34-31-43(32-35-45(39-23-11-3-12-24-39)40-25-13-4-14-26-40)33-36-46(41-27-15-5-16-28-41)42-29-17-6-18-30-42;1-2-3;2-1(3,4)8(5,6)7;/h1-30H,31-36H2;1H3;(H,5,6,7);/q;;;+1/p-1. The summed E-state index contributed by atoms with van der Waals surface area (Å²) in [6.45, 7) is 4.71. The molecule has 0 bridgehead atoms. The van der Waals surface area contributed by atoms with Crippen LogP contribution in [0.5, 0.6) is 0 Å². The fourth-order valence-corrected chi connectivity index (χ4v) is 13.0. The first-order valence-corrected chi connectivity index (χ1v) is 24.2. The van der Waals surface area contributed by atoms with E-state index in [-0.39, 0.29) is 19.5 Å². The van der Waals surface area contributed by atoms with E-state index in [4.69, 9.17) is 18.2 Å². The van der Waals surface area contributed by atoms with Gasteiger partial charge >= 0.3 is 25.0 Å². The molecule has 0 heterocycles. The van der Waals surface area contributed by atoms with E-state index in [0.29, 0.717) is 0 Å². The SMILES string of the molecule is CC#N.O=S(=O)([O-])C(F)(F)F.[Ru+].c1ccc(P(CCN(CCP(c2ccccc2)c2ccccc2)CCP(c2ccccc2)c2ccccc2)c2ccccc2)cc1. The Balaban J connectivity index is 0.000000664. The minimum absolute atomic E-state index is 0. The molecule has 0 aliphatic carbocycles.